The van der Waals surface area contributed by atoms with Crippen molar-refractivity contribution in [2.24, 2.45) is 0 Å². The van der Waals surface area contributed by atoms with Crippen molar-refractivity contribution < 1.29 is 13.2 Å². The summed E-state index contributed by atoms with van der Waals surface area (Å²) in [6.45, 7) is 1.99. The fraction of sp³-hybridized carbons (Fsp3) is 0.190. The van der Waals surface area contributed by atoms with Crippen molar-refractivity contribution in [3.8, 4) is 17.3 Å². The van der Waals surface area contributed by atoms with Gasteiger partial charge in [-0.3, -0.25) is 4.79 Å². The van der Waals surface area contributed by atoms with Gasteiger partial charge in [-0.15, -0.1) is 11.3 Å². The lowest BCUT2D eigenvalue weighted by Crippen LogP contribution is -2.22. The van der Waals surface area contributed by atoms with Crippen LogP contribution in [0, 0.1) is 18.3 Å². The molecular formula is C21H19N3O3S2. The molecule has 148 valence electrons. The van der Waals surface area contributed by atoms with Crippen LogP contribution in [0.1, 0.15) is 26.8 Å². The van der Waals surface area contributed by atoms with Gasteiger partial charge in [-0.05, 0) is 19.1 Å². The lowest BCUT2D eigenvalue weighted by Gasteiger charge is -2.12. The smallest absolute Gasteiger partial charge is 0.242 e. The predicted octanol–water partition coefficient (Wildman–Crippen LogP) is 3.86. The van der Waals surface area contributed by atoms with Crippen molar-refractivity contribution in [1.82, 2.24) is 9.29 Å². The van der Waals surface area contributed by atoms with Crippen LogP contribution >= 0.6 is 11.3 Å². The van der Waals surface area contributed by atoms with Gasteiger partial charge in [-0.1, -0.05) is 42.0 Å². The van der Waals surface area contributed by atoms with E-state index >= 15 is 0 Å². The first-order valence-corrected chi connectivity index (χ1v) is 11.0. The number of benzene rings is 2. The molecule has 3 rings (SSSR count). The summed E-state index contributed by atoms with van der Waals surface area (Å²) in [4.78, 5) is 17.4. The number of sulfonamides is 1. The number of nitriles is 1. The Morgan fingerprint density at radius 3 is 2.48 bits per heavy atom. The normalized spacial score (nSPS) is 12.5. The lowest BCUT2D eigenvalue weighted by atomic mass is 9.99. The second-order valence-electron chi connectivity index (χ2n) is 6.68. The molecule has 1 unspecified atom stereocenters. The fourth-order valence-electron chi connectivity index (χ4n) is 2.69. The number of hydrogen-bond acceptors (Lipinski definition) is 6. The Labute approximate surface area is 174 Å². The molecule has 0 amide bonds. The van der Waals surface area contributed by atoms with E-state index in [9.17, 15) is 18.5 Å². The maximum absolute atomic E-state index is 13.0. The van der Waals surface area contributed by atoms with E-state index in [0.717, 1.165) is 15.4 Å². The average Bonchev–Trinajstić information content (AvgIpc) is 3.18. The van der Waals surface area contributed by atoms with Gasteiger partial charge in [0.1, 0.15) is 5.01 Å². The maximum atomic E-state index is 13.0. The minimum Gasteiger partial charge on any atom is -0.292 e. The third-order valence-electron chi connectivity index (χ3n) is 4.40. The number of thiazole rings is 1. The van der Waals surface area contributed by atoms with Crippen molar-refractivity contribution in [2.75, 3.05) is 14.1 Å². The molecule has 0 aliphatic carbocycles. The van der Waals surface area contributed by atoms with E-state index in [1.165, 1.54) is 49.7 Å². The summed E-state index contributed by atoms with van der Waals surface area (Å²) < 4.78 is 25.8. The molecule has 6 nitrogen and oxygen atoms in total. The summed E-state index contributed by atoms with van der Waals surface area (Å²) in [6.07, 6.45) is 0. The zero-order chi connectivity index (χ0) is 21.2. The van der Waals surface area contributed by atoms with Gasteiger partial charge in [0.05, 0.1) is 16.7 Å². The number of ketones is 1. The highest BCUT2D eigenvalue weighted by atomic mass is 32.2. The minimum atomic E-state index is -3.68. The van der Waals surface area contributed by atoms with Gasteiger partial charge in [0.2, 0.25) is 10.0 Å². The molecule has 8 heteroatoms. The van der Waals surface area contributed by atoms with Gasteiger partial charge >= 0.3 is 0 Å². The van der Waals surface area contributed by atoms with Crippen molar-refractivity contribution in [3.63, 3.8) is 0 Å². The fourth-order valence-corrected chi connectivity index (χ4v) is 4.51. The second kappa shape index (κ2) is 8.25. The number of nitrogens with zero attached hydrogens (tertiary/aromatic N) is 3. The zero-order valence-electron chi connectivity index (χ0n) is 16.2. The molecular weight excluding hydrogens is 406 g/mol. The number of Topliss-reactive ketones (excluding diaryl/α,β-unsaturated/α-hetero) is 1. The monoisotopic (exact) mass is 425 g/mol. The highest BCUT2D eigenvalue weighted by Gasteiger charge is 2.27. The van der Waals surface area contributed by atoms with Crippen LogP contribution in [-0.4, -0.2) is 37.6 Å². The standard InChI is InChI=1S/C21H19N3O3S2/c1-14-7-9-15(10-8-14)19-13-28-21(23-19)18(12-22)20(25)16-5-4-6-17(11-16)29(26,27)24(2)3/h4-11,13,18H,1-3H3. The molecule has 29 heavy (non-hydrogen) atoms. The van der Waals surface area contributed by atoms with Crippen LogP contribution in [0.5, 0.6) is 0 Å². The summed E-state index contributed by atoms with van der Waals surface area (Å²) in [7, 11) is -0.839. The van der Waals surface area contributed by atoms with Gasteiger partial charge in [0.15, 0.2) is 11.7 Å². The van der Waals surface area contributed by atoms with Gasteiger partial charge in [-0.2, -0.15) is 5.26 Å². The molecule has 1 aromatic heterocycles. The Kier molecular flexibility index (Phi) is 5.94. The Bertz CT molecular complexity index is 1190. The van der Waals surface area contributed by atoms with Gasteiger partial charge in [0, 0.05) is 30.6 Å². The van der Waals surface area contributed by atoms with Gasteiger partial charge < -0.3 is 0 Å². The Hall–Kier alpha value is -2.86. The van der Waals surface area contributed by atoms with Crippen LogP contribution in [0.3, 0.4) is 0 Å². The molecule has 0 N–H and O–H groups in total. The van der Waals surface area contributed by atoms with Crippen molar-refractivity contribution in [3.05, 3.63) is 70.0 Å². The summed E-state index contributed by atoms with van der Waals surface area (Å²) >= 11 is 1.24. The quantitative estimate of drug-likeness (QED) is 0.559. The average molecular weight is 426 g/mol. The highest BCUT2D eigenvalue weighted by molar-refractivity contribution is 7.89. The largest absolute Gasteiger partial charge is 0.292 e. The summed E-state index contributed by atoms with van der Waals surface area (Å²) in [5.74, 6) is -1.58. The van der Waals surface area contributed by atoms with E-state index in [1.54, 1.807) is 0 Å². The van der Waals surface area contributed by atoms with Crippen LogP contribution in [-0.2, 0) is 10.0 Å². The zero-order valence-corrected chi connectivity index (χ0v) is 17.8. The van der Waals surface area contributed by atoms with Crippen LogP contribution < -0.4 is 0 Å². The Balaban J connectivity index is 1.93. The van der Waals surface area contributed by atoms with Crippen LogP contribution in [0.2, 0.25) is 0 Å². The molecule has 0 aliphatic heterocycles. The molecule has 1 heterocycles. The first-order chi connectivity index (χ1) is 13.7. The lowest BCUT2D eigenvalue weighted by molar-refractivity contribution is 0.0978. The number of carbonyl (C=O) groups is 1. The molecule has 0 radical (unpaired) electrons. The van der Waals surface area contributed by atoms with Gasteiger partial charge in [-0.25, -0.2) is 17.7 Å². The molecule has 0 bridgehead atoms. The summed E-state index contributed by atoms with van der Waals surface area (Å²) in [6, 6.07) is 15.6. The van der Waals surface area contributed by atoms with E-state index < -0.39 is 21.7 Å². The van der Waals surface area contributed by atoms with Crippen LogP contribution in [0.4, 0.5) is 0 Å². The van der Waals surface area contributed by atoms with E-state index in [4.69, 9.17) is 0 Å². The molecule has 0 aliphatic rings. The molecule has 1 atom stereocenters. The number of aromatic nitrogens is 1. The van der Waals surface area contributed by atoms with Crippen molar-refractivity contribution in [1.29, 1.82) is 5.26 Å². The van der Waals surface area contributed by atoms with Crippen molar-refractivity contribution >= 4 is 27.1 Å². The number of carbonyl (C=O) groups excluding carboxylic acids is 1. The topological polar surface area (TPSA) is 91.1 Å². The summed E-state index contributed by atoms with van der Waals surface area (Å²) in [5, 5.41) is 11.8. The number of aryl methyl sites for hydroxylation is 1. The molecule has 0 saturated heterocycles. The maximum Gasteiger partial charge on any atom is 0.242 e. The SMILES string of the molecule is Cc1ccc(-c2csc(C(C#N)C(=O)c3cccc(S(=O)(=O)N(C)C)c3)n2)cc1. The molecule has 3 aromatic rings. The molecule has 0 saturated carbocycles. The molecule has 0 fully saturated rings. The third kappa shape index (κ3) is 4.27. The first kappa shape index (κ1) is 20.9. The molecule has 2 aromatic carbocycles. The second-order valence-corrected chi connectivity index (χ2v) is 9.72. The first-order valence-electron chi connectivity index (χ1n) is 8.73. The van der Waals surface area contributed by atoms with Crippen LogP contribution in [0.15, 0.2) is 58.8 Å². The van der Waals surface area contributed by atoms with Crippen LogP contribution in [0.25, 0.3) is 11.3 Å². The van der Waals surface area contributed by atoms with E-state index in [0.29, 0.717) is 10.7 Å². The van der Waals surface area contributed by atoms with E-state index in [1.807, 2.05) is 42.6 Å². The Morgan fingerprint density at radius 1 is 1.17 bits per heavy atom. The summed E-state index contributed by atoms with van der Waals surface area (Å²) in [5.41, 5.74) is 2.89. The predicted molar refractivity (Wildman–Crippen MR) is 112 cm³/mol. The molecule has 0 spiro atoms. The highest BCUT2D eigenvalue weighted by Crippen LogP contribution is 2.29. The third-order valence-corrected chi connectivity index (χ3v) is 7.13. The number of hydrogen-bond donors (Lipinski definition) is 0. The van der Waals surface area contributed by atoms with Gasteiger partial charge in [0.25, 0.3) is 0 Å². The van der Waals surface area contributed by atoms with E-state index in [-0.39, 0.29) is 10.5 Å². The van der Waals surface area contributed by atoms with Crippen molar-refractivity contribution in [2.45, 2.75) is 17.7 Å². The number of rotatable bonds is 6. The van der Waals surface area contributed by atoms with E-state index in [2.05, 4.69) is 4.98 Å². The minimum absolute atomic E-state index is 0.00419. The Morgan fingerprint density at radius 2 is 1.86 bits per heavy atom.